The molecule has 0 saturated carbocycles. The quantitative estimate of drug-likeness (QED) is 0.724. The first-order chi connectivity index (χ1) is 13.1. The summed E-state index contributed by atoms with van der Waals surface area (Å²) in [6.45, 7) is 4.93. The molecule has 1 fully saturated rings. The topological polar surface area (TPSA) is 71.5 Å². The summed E-state index contributed by atoms with van der Waals surface area (Å²) in [5.74, 6) is 0.557. The molecule has 1 aliphatic rings. The maximum atomic E-state index is 13.2. The van der Waals surface area contributed by atoms with Crippen LogP contribution in [-0.2, 0) is 6.54 Å². The zero-order valence-corrected chi connectivity index (χ0v) is 15.5. The van der Waals surface area contributed by atoms with Crippen molar-refractivity contribution in [2.45, 2.75) is 38.4 Å². The number of piperidine rings is 1. The van der Waals surface area contributed by atoms with Crippen molar-refractivity contribution in [2.75, 3.05) is 18.4 Å². The highest BCUT2D eigenvalue weighted by Gasteiger charge is 2.19. The second-order valence-corrected chi connectivity index (χ2v) is 7.27. The molecule has 0 bridgehead atoms. The van der Waals surface area contributed by atoms with Gasteiger partial charge >= 0.3 is 0 Å². The molecule has 1 aliphatic heterocycles. The lowest BCUT2D eigenvalue weighted by Gasteiger charge is -2.29. The van der Waals surface area contributed by atoms with E-state index in [4.69, 9.17) is 5.73 Å². The van der Waals surface area contributed by atoms with Crippen LogP contribution in [-0.4, -0.2) is 38.6 Å². The number of hydrogen-bond acceptors (Lipinski definition) is 5. The van der Waals surface area contributed by atoms with Gasteiger partial charge in [-0.15, -0.1) is 0 Å². The number of fused-ring (bicyclic) bond motifs is 1. The fourth-order valence-electron chi connectivity index (χ4n) is 3.64. The van der Waals surface area contributed by atoms with E-state index in [-0.39, 0.29) is 11.9 Å². The first-order valence-corrected chi connectivity index (χ1v) is 9.41. The van der Waals surface area contributed by atoms with E-state index in [9.17, 15) is 4.39 Å². The van der Waals surface area contributed by atoms with Crippen LogP contribution in [0.15, 0.2) is 42.9 Å². The molecule has 4 rings (SSSR count). The minimum atomic E-state index is -0.231. The van der Waals surface area contributed by atoms with Crippen molar-refractivity contribution < 1.29 is 4.39 Å². The van der Waals surface area contributed by atoms with Gasteiger partial charge in [0.25, 0.3) is 0 Å². The number of nitrogens with two attached hydrogens (primary N) is 1. The molecule has 142 valence electrons. The van der Waals surface area contributed by atoms with Gasteiger partial charge in [-0.1, -0.05) is 12.1 Å². The Hall–Kier alpha value is -2.51. The van der Waals surface area contributed by atoms with E-state index in [1.54, 1.807) is 18.5 Å². The van der Waals surface area contributed by atoms with Crippen LogP contribution in [0.1, 0.15) is 36.9 Å². The molecule has 3 heterocycles. The van der Waals surface area contributed by atoms with Crippen molar-refractivity contribution in [3.63, 3.8) is 0 Å². The Labute approximate surface area is 158 Å². The maximum Gasteiger partial charge on any atom is 0.154 e. The Balaban J connectivity index is 1.57. The van der Waals surface area contributed by atoms with Gasteiger partial charge in [0.2, 0.25) is 0 Å². The van der Waals surface area contributed by atoms with Crippen LogP contribution in [0.4, 0.5) is 10.2 Å². The van der Waals surface area contributed by atoms with Crippen LogP contribution in [0.25, 0.3) is 5.52 Å². The minimum Gasteiger partial charge on any atom is -0.362 e. The van der Waals surface area contributed by atoms with Crippen LogP contribution in [0.3, 0.4) is 0 Å². The molecule has 0 amide bonds. The molecule has 3 aromatic rings. The molecule has 0 spiro atoms. The minimum absolute atomic E-state index is 0.0000324. The molecule has 6 nitrogen and oxygen atoms in total. The number of halogens is 1. The SMILES string of the molecule is CC(Nc1ncnn2ccc(CN3CCC(N)CC3)c12)c1ccc(F)cc1. The van der Waals surface area contributed by atoms with Gasteiger partial charge in [-0.05, 0) is 62.2 Å². The van der Waals surface area contributed by atoms with E-state index >= 15 is 0 Å². The third kappa shape index (κ3) is 3.94. The van der Waals surface area contributed by atoms with Gasteiger partial charge in [-0.3, -0.25) is 4.90 Å². The smallest absolute Gasteiger partial charge is 0.154 e. The van der Waals surface area contributed by atoms with Crippen LogP contribution in [0.2, 0.25) is 0 Å². The zero-order chi connectivity index (χ0) is 18.8. The van der Waals surface area contributed by atoms with Crippen molar-refractivity contribution in [2.24, 2.45) is 5.73 Å². The molecule has 1 saturated heterocycles. The van der Waals surface area contributed by atoms with Crippen LogP contribution in [0, 0.1) is 5.82 Å². The second-order valence-electron chi connectivity index (χ2n) is 7.27. The highest BCUT2D eigenvalue weighted by molar-refractivity contribution is 5.72. The average Bonchev–Trinajstić information content (AvgIpc) is 3.08. The summed E-state index contributed by atoms with van der Waals surface area (Å²) in [7, 11) is 0. The van der Waals surface area contributed by atoms with Crippen molar-refractivity contribution in [3.8, 4) is 0 Å². The third-order valence-electron chi connectivity index (χ3n) is 5.29. The predicted molar refractivity (Wildman–Crippen MR) is 104 cm³/mol. The van der Waals surface area contributed by atoms with Gasteiger partial charge in [-0.2, -0.15) is 5.10 Å². The molecular formula is C20H25FN6. The van der Waals surface area contributed by atoms with Crippen molar-refractivity contribution in [3.05, 3.63) is 59.8 Å². The Morgan fingerprint density at radius 1 is 1.22 bits per heavy atom. The summed E-state index contributed by atoms with van der Waals surface area (Å²) in [6.07, 6.45) is 5.59. The second kappa shape index (κ2) is 7.62. The lowest BCUT2D eigenvalue weighted by molar-refractivity contribution is 0.206. The summed E-state index contributed by atoms with van der Waals surface area (Å²) in [6, 6.07) is 8.97. The van der Waals surface area contributed by atoms with Crippen LogP contribution < -0.4 is 11.1 Å². The highest BCUT2D eigenvalue weighted by Crippen LogP contribution is 2.25. The molecule has 2 aromatic heterocycles. The van der Waals surface area contributed by atoms with Gasteiger partial charge in [0.05, 0.1) is 6.04 Å². The maximum absolute atomic E-state index is 13.2. The van der Waals surface area contributed by atoms with E-state index in [0.29, 0.717) is 6.04 Å². The van der Waals surface area contributed by atoms with Crippen molar-refractivity contribution >= 4 is 11.3 Å². The predicted octanol–water partition coefficient (Wildman–Crippen LogP) is 2.96. The highest BCUT2D eigenvalue weighted by atomic mass is 19.1. The summed E-state index contributed by atoms with van der Waals surface area (Å²) in [5, 5.41) is 7.80. The lowest BCUT2D eigenvalue weighted by atomic mass is 10.1. The molecule has 7 heteroatoms. The van der Waals surface area contributed by atoms with E-state index in [2.05, 4.69) is 26.4 Å². The fourth-order valence-corrected chi connectivity index (χ4v) is 3.64. The molecule has 1 unspecified atom stereocenters. The number of aromatic nitrogens is 3. The molecule has 0 radical (unpaired) electrons. The van der Waals surface area contributed by atoms with E-state index < -0.39 is 0 Å². The van der Waals surface area contributed by atoms with Gasteiger partial charge in [-0.25, -0.2) is 13.9 Å². The standard InChI is InChI=1S/C20H25FN6/c1-14(15-2-4-17(21)5-3-15)25-20-19-16(6-11-27(19)24-13-23-20)12-26-9-7-18(22)8-10-26/h2-6,11,13-14,18H,7-10,12,22H2,1H3,(H,23,24,25). The monoisotopic (exact) mass is 368 g/mol. The van der Waals surface area contributed by atoms with Crippen LogP contribution in [0.5, 0.6) is 0 Å². The summed E-state index contributed by atoms with van der Waals surface area (Å²) < 4.78 is 15.0. The molecule has 27 heavy (non-hydrogen) atoms. The Morgan fingerprint density at radius 2 is 1.96 bits per heavy atom. The van der Waals surface area contributed by atoms with E-state index in [0.717, 1.165) is 49.4 Å². The van der Waals surface area contributed by atoms with E-state index in [1.165, 1.54) is 17.7 Å². The fraction of sp³-hybridized carbons (Fsp3) is 0.400. The third-order valence-corrected chi connectivity index (χ3v) is 5.29. The number of anilines is 1. The lowest BCUT2D eigenvalue weighted by Crippen LogP contribution is -2.39. The normalized spacial score (nSPS) is 17.3. The first-order valence-electron chi connectivity index (χ1n) is 9.41. The van der Waals surface area contributed by atoms with E-state index in [1.807, 2.05) is 17.6 Å². The number of hydrogen-bond donors (Lipinski definition) is 2. The van der Waals surface area contributed by atoms with Crippen LogP contribution >= 0.6 is 0 Å². The van der Waals surface area contributed by atoms with Crippen molar-refractivity contribution in [1.82, 2.24) is 19.5 Å². The van der Waals surface area contributed by atoms with Gasteiger partial charge in [0.1, 0.15) is 17.7 Å². The largest absolute Gasteiger partial charge is 0.362 e. The molecule has 1 atom stereocenters. The zero-order valence-electron chi connectivity index (χ0n) is 15.5. The Kier molecular flexibility index (Phi) is 5.05. The van der Waals surface area contributed by atoms with Gasteiger partial charge in [0.15, 0.2) is 5.82 Å². The molecule has 1 aromatic carbocycles. The molecule has 3 N–H and O–H groups in total. The van der Waals surface area contributed by atoms with Crippen molar-refractivity contribution in [1.29, 1.82) is 0 Å². The average molecular weight is 368 g/mol. The Bertz CT molecular complexity index is 898. The summed E-state index contributed by atoms with van der Waals surface area (Å²) >= 11 is 0. The first kappa shape index (κ1) is 17.9. The number of benzene rings is 1. The molecular weight excluding hydrogens is 343 g/mol. The van der Waals surface area contributed by atoms with Gasteiger partial charge in [0, 0.05) is 18.8 Å². The number of likely N-dealkylation sites (tertiary alicyclic amines) is 1. The molecule has 0 aliphatic carbocycles. The summed E-state index contributed by atoms with van der Waals surface area (Å²) in [5.41, 5.74) is 9.21. The number of rotatable bonds is 5. The number of nitrogens with zero attached hydrogens (tertiary/aromatic N) is 4. The summed E-state index contributed by atoms with van der Waals surface area (Å²) in [4.78, 5) is 6.90. The van der Waals surface area contributed by atoms with Gasteiger partial charge < -0.3 is 11.1 Å². The Morgan fingerprint density at radius 3 is 2.70 bits per heavy atom. The number of nitrogens with one attached hydrogen (secondary N) is 1.